The van der Waals surface area contributed by atoms with Gasteiger partial charge >= 0.3 is 5.97 Å². The van der Waals surface area contributed by atoms with Crippen LogP contribution in [0, 0.1) is 0 Å². The number of furan rings is 1. The first kappa shape index (κ1) is 12.7. The molecule has 1 N–H and O–H groups in total. The maximum absolute atomic E-state index is 11.5. The van der Waals surface area contributed by atoms with E-state index < -0.39 is 15.8 Å². The summed E-state index contributed by atoms with van der Waals surface area (Å²) in [7, 11) is -1.91. The Labute approximate surface area is 92.7 Å². The largest absolute Gasteiger partial charge is 0.475 e. The van der Waals surface area contributed by atoms with Crippen molar-refractivity contribution in [3.05, 3.63) is 23.7 Å². The quantitative estimate of drug-likeness (QED) is 0.789. The molecule has 0 aliphatic heterocycles. The van der Waals surface area contributed by atoms with Crippen molar-refractivity contribution in [3.63, 3.8) is 0 Å². The Hall–Kier alpha value is -1.34. The molecule has 0 fully saturated rings. The van der Waals surface area contributed by atoms with E-state index in [0.29, 0.717) is 0 Å². The van der Waals surface area contributed by atoms with Crippen LogP contribution in [-0.4, -0.2) is 39.0 Å². The molecule has 0 spiro atoms. The van der Waals surface area contributed by atoms with Crippen molar-refractivity contribution in [1.82, 2.24) is 0 Å². The van der Waals surface area contributed by atoms with Crippen LogP contribution in [0.3, 0.4) is 0 Å². The summed E-state index contributed by atoms with van der Waals surface area (Å²) in [6.07, 6.45) is 0. The van der Waals surface area contributed by atoms with Crippen molar-refractivity contribution in [2.24, 2.45) is 0 Å². The first-order valence-electron chi connectivity index (χ1n) is 4.46. The minimum Gasteiger partial charge on any atom is -0.475 e. The molecule has 0 aromatic carbocycles. The van der Waals surface area contributed by atoms with Gasteiger partial charge < -0.3 is 14.3 Å². The van der Waals surface area contributed by atoms with Crippen molar-refractivity contribution in [2.45, 2.75) is 5.75 Å². The molecule has 7 heteroatoms. The number of hydrogen-bond donors (Lipinski definition) is 1. The van der Waals surface area contributed by atoms with Crippen molar-refractivity contribution in [2.75, 3.05) is 19.5 Å². The fraction of sp³-hybridized carbons (Fsp3) is 0.444. The lowest BCUT2D eigenvalue weighted by atomic mass is 10.4. The van der Waals surface area contributed by atoms with Crippen molar-refractivity contribution in [3.8, 4) is 0 Å². The Kier molecular flexibility index (Phi) is 4.08. The molecule has 0 unspecified atom stereocenters. The van der Waals surface area contributed by atoms with Crippen LogP contribution in [-0.2, 0) is 20.3 Å². The predicted molar refractivity (Wildman–Crippen MR) is 55.0 cm³/mol. The number of aromatic carboxylic acids is 1. The number of sulfone groups is 1. The normalized spacial score (nSPS) is 11.6. The molecule has 0 saturated heterocycles. The van der Waals surface area contributed by atoms with Gasteiger partial charge in [-0.15, -0.1) is 0 Å². The van der Waals surface area contributed by atoms with Crippen molar-refractivity contribution in [1.29, 1.82) is 0 Å². The van der Waals surface area contributed by atoms with E-state index in [2.05, 4.69) is 4.74 Å². The van der Waals surface area contributed by atoms with Gasteiger partial charge in [0.1, 0.15) is 11.5 Å². The van der Waals surface area contributed by atoms with Crippen LogP contribution in [0.5, 0.6) is 0 Å². The Morgan fingerprint density at radius 2 is 2.19 bits per heavy atom. The lowest BCUT2D eigenvalue weighted by Crippen LogP contribution is -2.13. The number of ether oxygens (including phenoxy) is 1. The van der Waals surface area contributed by atoms with E-state index in [1.54, 1.807) is 0 Å². The fourth-order valence-corrected chi connectivity index (χ4v) is 2.22. The second-order valence-electron chi connectivity index (χ2n) is 3.16. The van der Waals surface area contributed by atoms with Gasteiger partial charge in [0.15, 0.2) is 9.84 Å². The van der Waals surface area contributed by atoms with E-state index in [4.69, 9.17) is 9.52 Å². The number of carboxylic acid groups (broad SMARTS) is 1. The maximum atomic E-state index is 11.5. The zero-order valence-electron chi connectivity index (χ0n) is 8.67. The third-order valence-corrected chi connectivity index (χ3v) is 3.35. The van der Waals surface area contributed by atoms with Crippen LogP contribution < -0.4 is 0 Å². The highest BCUT2D eigenvalue weighted by molar-refractivity contribution is 7.90. The Bertz CT molecular complexity index is 458. The molecule has 16 heavy (non-hydrogen) atoms. The topological polar surface area (TPSA) is 93.8 Å². The zero-order chi connectivity index (χ0) is 12.2. The van der Waals surface area contributed by atoms with Gasteiger partial charge in [0, 0.05) is 7.11 Å². The second kappa shape index (κ2) is 5.13. The van der Waals surface area contributed by atoms with Crippen LogP contribution in [0.25, 0.3) is 0 Å². The molecule has 1 heterocycles. The van der Waals surface area contributed by atoms with E-state index in [0.717, 1.165) is 0 Å². The summed E-state index contributed by atoms with van der Waals surface area (Å²) in [4.78, 5) is 10.5. The van der Waals surface area contributed by atoms with Crippen LogP contribution in [0.4, 0.5) is 0 Å². The average Bonchev–Trinajstić information content (AvgIpc) is 2.62. The molecule has 0 aliphatic carbocycles. The highest BCUT2D eigenvalue weighted by atomic mass is 32.2. The highest BCUT2D eigenvalue weighted by Crippen LogP contribution is 2.11. The fourth-order valence-electron chi connectivity index (χ4n) is 1.07. The van der Waals surface area contributed by atoms with Gasteiger partial charge in [-0.05, 0) is 12.1 Å². The summed E-state index contributed by atoms with van der Waals surface area (Å²) < 4.78 is 32.4. The summed E-state index contributed by atoms with van der Waals surface area (Å²) >= 11 is 0. The third-order valence-electron chi connectivity index (χ3n) is 1.83. The number of methoxy groups -OCH3 is 1. The van der Waals surface area contributed by atoms with Gasteiger partial charge in [0.25, 0.3) is 0 Å². The van der Waals surface area contributed by atoms with Gasteiger partial charge in [-0.3, -0.25) is 0 Å². The molecule has 0 bridgehead atoms. The molecule has 1 aromatic heterocycles. The van der Waals surface area contributed by atoms with Crippen LogP contribution in [0.15, 0.2) is 16.5 Å². The van der Waals surface area contributed by atoms with Gasteiger partial charge in [-0.25, -0.2) is 13.2 Å². The minimum atomic E-state index is -3.32. The zero-order valence-corrected chi connectivity index (χ0v) is 9.49. The van der Waals surface area contributed by atoms with Gasteiger partial charge in [-0.1, -0.05) is 0 Å². The second-order valence-corrected chi connectivity index (χ2v) is 5.34. The van der Waals surface area contributed by atoms with E-state index >= 15 is 0 Å². The summed E-state index contributed by atoms with van der Waals surface area (Å²) in [6.45, 7) is 0.106. The Morgan fingerprint density at radius 3 is 2.69 bits per heavy atom. The van der Waals surface area contributed by atoms with Gasteiger partial charge in [0.05, 0.1) is 12.4 Å². The summed E-state index contributed by atoms with van der Waals surface area (Å²) in [5.41, 5.74) is 0. The first-order chi connectivity index (χ1) is 7.44. The first-order valence-corrected chi connectivity index (χ1v) is 6.28. The monoisotopic (exact) mass is 248 g/mol. The molecule has 0 amide bonds. The minimum absolute atomic E-state index is 0.106. The van der Waals surface area contributed by atoms with Crippen molar-refractivity contribution < 1.29 is 27.5 Å². The standard InChI is InChI=1S/C9H12O6S/c1-14-4-5-16(12,13)6-7-2-3-8(15-7)9(10)11/h2-3H,4-6H2,1H3,(H,10,11). The van der Waals surface area contributed by atoms with Crippen LogP contribution in [0.2, 0.25) is 0 Å². The maximum Gasteiger partial charge on any atom is 0.371 e. The Morgan fingerprint density at radius 1 is 1.50 bits per heavy atom. The summed E-state index contributed by atoms with van der Waals surface area (Å²) in [5, 5.41) is 8.57. The number of carbonyl (C=O) groups is 1. The van der Waals surface area contributed by atoms with E-state index in [-0.39, 0.29) is 29.6 Å². The van der Waals surface area contributed by atoms with E-state index in [1.807, 2.05) is 0 Å². The molecule has 90 valence electrons. The highest BCUT2D eigenvalue weighted by Gasteiger charge is 2.16. The molecule has 0 aliphatic rings. The molecule has 1 aromatic rings. The van der Waals surface area contributed by atoms with E-state index in [1.165, 1.54) is 19.2 Å². The molecule has 0 saturated carbocycles. The summed E-state index contributed by atoms with van der Waals surface area (Å²) in [6, 6.07) is 2.57. The van der Waals surface area contributed by atoms with E-state index in [9.17, 15) is 13.2 Å². The molecule has 0 atom stereocenters. The molecule has 1 rings (SSSR count). The van der Waals surface area contributed by atoms with Crippen LogP contribution >= 0.6 is 0 Å². The van der Waals surface area contributed by atoms with Crippen LogP contribution in [0.1, 0.15) is 16.3 Å². The summed E-state index contributed by atoms with van der Waals surface area (Å²) in [5.74, 6) is -1.80. The number of hydrogen-bond acceptors (Lipinski definition) is 5. The predicted octanol–water partition coefficient (Wildman–Crippen LogP) is 0.539. The molecular weight excluding hydrogens is 236 g/mol. The smallest absolute Gasteiger partial charge is 0.371 e. The molecule has 6 nitrogen and oxygen atoms in total. The lowest BCUT2D eigenvalue weighted by Gasteiger charge is -2.00. The van der Waals surface area contributed by atoms with Gasteiger partial charge in [0.2, 0.25) is 5.76 Å². The number of rotatable bonds is 6. The Balaban J connectivity index is 2.69. The van der Waals surface area contributed by atoms with Crippen molar-refractivity contribution >= 4 is 15.8 Å². The molecular formula is C9H12O6S. The third kappa shape index (κ3) is 3.67. The lowest BCUT2D eigenvalue weighted by molar-refractivity contribution is 0.0660. The van der Waals surface area contributed by atoms with Gasteiger partial charge in [-0.2, -0.15) is 0 Å². The average molecular weight is 248 g/mol. The molecule has 0 radical (unpaired) electrons. The SMILES string of the molecule is COCCS(=O)(=O)Cc1ccc(C(=O)O)o1. The number of carboxylic acids is 1.